The highest BCUT2D eigenvalue weighted by Gasteiger charge is 2.27. The van der Waals surface area contributed by atoms with Crippen molar-refractivity contribution in [2.24, 2.45) is 78.3 Å². The van der Waals surface area contributed by atoms with Crippen molar-refractivity contribution in [2.45, 2.75) is 317 Å². The lowest BCUT2D eigenvalue weighted by molar-refractivity contribution is 0.157. The fourth-order valence-electron chi connectivity index (χ4n) is 1.22. The fourth-order valence-corrected chi connectivity index (χ4v) is 1.22. The number of hydrogen-bond acceptors (Lipinski definition) is 0. The maximum atomic E-state index is 7.58. The molecule has 380 valence electrons. The van der Waals surface area contributed by atoms with Crippen molar-refractivity contribution in [3.63, 3.8) is 0 Å². The van der Waals surface area contributed by atoms with E-state index in [0.717, 1.165) is 17.8 Å². The van der Waals surface area contributed by atoms with Crippen LogP contribution in [0.3, 0.4) is 0 Å². The van der Waals surface area contributed by atoms with Crippen molar-refractivity contribution in [3.05, 3.63) is 0 Å². The minimum absolute atomic E-state index is 0.104. The van der Waals surface area contributed by atoms with Gasteiger partial charge in [0.1, 0.15) is 0 Å². The first-order valence-corrected chi connectivity index (χ1v) is 24.2. The van der Waals surface area contributed by atoms with Gasteiger partial charge in [-0.3, -0.25) is 0 Å². The van der Waals surface area contributed by atoms with Crippen molar-refractivity contribution in [1.82, 2.24) is 0 Å². The number of hydrogen-bond donors (Lipinski definition) is 0. The first kappa shape index (κ1) is 64.3. The van der Waals surface area contributed by atoms with Crippen LogP contribution >= 0.6 is 0 Å². The molecule has 0 spiro atoms. The van der Waals surface area contributed by atoms with Crippen LogP contribution < -0.4 is 0 Å². The summed E-state index contributed by atoms with van der Waals surface area (Å²) in [5.41, 5.74) is 2.25. The molecule has 0 unspecified atom stereocenters. The van der Waals surface area contributed by atoms with Crippen molar-refractivity contribution in [2.75, 3.05) is 0 Å². The Kier molecular flexibility index (Phi) is 41.0. The lowest BCUT2D eigenvalue weighted by Crippen LogP contribution is -2.25. The lowest BCUT2D eigenvalue weighted by atomic mass is 9.71. The zero-order valence-electron chi connectivity index (χ0n) is 58.6. The van der Waals surface area contributed by atoms with E-state index in [0.29, 0.717) is 32.5 Å². The third kappa shape index (κ3) is 184. The van der Waals surface area contributed by atoms with Gasteiger partial charge in [-0.15, -0.1) is 0 Å². The van der Waals surface area contributed by atoms with Gasteiger partial charge in [-0.25, -0.2) is 0 Å². The number of rotatable bonds is 1. The summed E-state index contributed by atoms with van der Waals surface area (Å²) in [7, 11) is 0. The molecule has 0 N–H and O–H groups in total. The van der Waals surface area contributed by atoms with E-state index >= 15 is 0 Å². The van der Waals surface area contributed by atoms with Gasteiger partial charge in [0.15, 0.2) is 0 Å². The molecule has 0 aliphatic carbocycles. The molecule has 0 aromatic carbocycles. The zero-order valence-corrected chi connectivity index (χ0v) is 51.6. The first-order valence-electron chi connectivity index (χ1n) is 27.7. The SMILES string of the molecule is CC(C)(C)C.CC(C)(C)C(C)(C)C.CC(C)C.CC(C)C(C)(C)C.CC(C)CC(C)(C)C.CCC(C)(C)C.[2H]C(C)(C)C.[2H]C(C)(C)C(C)(C)C.[2H]C([2H])(C)C(C)(C)C.[2H]C([2H])([2H])C(C)(C)C. The second-order valence-electron chi connectivity index (χ2n) is 29.3. The van der Waals surface area contributed by atoms with E-state index in [2.05, 4.69) is 208 Å². The molecular formula is C60H140. The van der Waals surface area contributed by atoms with E-state index in [1.54, 1.807) is 27.7 Å². The summed E-state index contributed by atoms with van der Waals surface area (Å²) >= 11 is 0. The Balaban J connectivity index is -0.0000000678. The molecular weight excluding hydrogens is 721 g/mol. The molecule has 0 nitrogen and oxygen atoms in total. The smallest absolute Gasteiger partial charge is 0.0302 e. The summed E-state index contributed by atoms with van der Waals surface area (Å²) in [6.45, 7) is 86.8. The Bertz CT molecular complexity index is 885. The Morgan fingerprint density at radius 2 is 0.550 bits per heavy atom. The van der Waals surface area contributed by atoms with Crippen LogP contribution in [0.4, 0.5) is 0 Å². The summed E-state index contributed by atoms with van der Waals surface area (Å²) < 4.78 is 49.8. The van der Waals surface area contributed by atoms with Crippen LogP contribution in [0.2, 0.25) is 0 Å². The normalized spacial score (nSPS) is 14.7. The highest BCUT2D eigenvalue weighted by Crippen LogP contribution is 2.36. The summed E-state index contributed by atoms with van der Waals surface area (Å²) in [4.78, 5) is 0. The molecule has 60 heavy (non-hydrogen) atoms. The van der Waals surface area contributed by atoms with E-state index in [-0.39, 0.29) is 22.6 Å². The topological polar surface area (TPSA) is 0 Å². The second-order valence-corrected chi connectivity index (χ2v) is 29.3. The maximum absolute atomic E-state index is 7.58. The highest BCUT2D eigenvalue weighted by atomic mass is 14.3. The van der Waals surface area contributed by atoms with Gasteiger partial charge >= 0.3 is 0 Å². The highest BCUT2D eigenvalue weighted by molar-refractivity contribution is 4.77. The molecule has 0 rings (SSSR count). The van der Waals surface area contributed by atoms with E-state index in [1.165, 1.54) is 12.8 Å². The third-order valence-corrected chi connectivity index (χ3v) is 8.31. The van der Waals surface area contributed by atoms with Crippen LogP contribution in [-0.4, -0.2) is 0 Å². The molecule has 0 aromatic rings. The Morgan fingerprint density at radius 3 is 0.550 bits per heavy atom. The molecule has 0 heterocycles. The second kappa shape index (κ2) is 38.3. The summed E-state index contributed by atoms with van der Waals surface area (Å²) in [6, 6.07) is 0. The van der Waals surface area contributed by atoms with Crippen LogP contribution in [0.25, 0.3) is 0 Å². The van der Waals surface area contributed by atoms with Gasteiger partial charge in [0.2, 0.25) is 0 Å². The maximum Gasteiger partial charge on any atom is 0.0302 e. The van der Waals surface area contributed by atoms with Gasteiger partial charge in [0.25, 0.3) is 0 Å². The molecule has 0 aromatic heterocycles. The third-order valence-electron chi connectivity index (χ3n) is 8.31. The Hall–Kier alpha value is 0. The van der Waals surface area contributed by atoms with Crippen LogP contribution in [0, 0.1) is 78.3 Å². The molecule has 0 amide bonds. The van der Waals surface area contributed by atoms with E-state index in [9.17, 15) is 0 Å². The van der Waals surface area contributed by atoms with Crippen molar-refractivity contribution < 1.29 is 9.60 Å². The van der Waals surface area contributed by atoms with E-state index < -0.39 is 18.6 Å². The van der Waals surface area contributed by atoms with E-state index in [1.807, 2.05) is 55.4 Å². The van der Waals surface area contributed by atoms with Crippen molar-refractivity contribution in [1.29, 1.82) is 0 Å². The van der Waals surface area contributed by atoms with E-state index in [4.69, 9.17) is 9.60 Å². The standard InChI is InChI=1S/2C8H18.2C7H16.2C6H14.2C5H12.2C4H10/c1-7(2)6-8(3,4)5;1-7(2,3)8(4,5)6;2*1-6(2)7(3,4)5;2*1-5-6(2,3)4;2*1-5(2,3)4;2*1-4(2)3/h7H,6H2,1-5H3;1-6H3;2*6H,1-5H3;2*5H2,1-4H3;2*1-4H3;2*4H,1-3H3/i;;6D;;5D2;;1D3;;4D;. The minimum atomic E-state index is -1.81. The molecule has 0 radical (unpaired) electrons. The molecule has 0 saturated heterocycles. The van der Waals surface area contributed by atoms with Crippen LogP contribution in [-0.2, 0) is 0 Å². The quantitative estimate of drug-likeness (QED) is 0.246. The predicted octanol–water partition coefficient (Wildman–Crippen LogP) is 23.8. The monoisotopic (exact) mass is 868 g/mol. The fraction of sp³-hybridized carbons (Fsp3) is 1.00. The molecule has 0 fully saturated rings. The van der Waals surface area contributed by atoms with Gasteiger partial charge in [0, 0.05) is 9.60 Å². The molecule has 0 atom stereocenters. The van der Waals surface area contributed by atoms with Gasteiger partial charge < -0.3 is 0 Å². The summed E-state index contributed by atoms with van der Waals surface area (Å²) in [5.74, 6) is 1.91. The Labute approximate surface area is 403 Å². The van der Waals surface area contributed by atoms with Crippen LogP contribution in [0.15, 0.2) is 0 Å². The molecule has 0 saturated carbocycles. The molecule has 0 aliphatic heterocycles. The molecule has 0 heteroatoms. The molecule has 0 aliphatic rings. The van der Waals surface area contributed by atoms with Crippen molar-refractivity contribution in [3.8, 4) is 0 Å². The summed E-state index contributed by atoms with van der Waals surface area (Å²) in [6.07, 6.45) is 1.53. The summed E-state index contributed by atoms with van der Waals surface area (Å²) in [5, 5.41) is 0. The van der Waals surface area contributed by atoms with Gasteiger partial charge in [-0.2, -0.15) is 0 Å². The largest absolute Gasteiger partial charge is 0.0649 e. The first-order chi connectivity index (χ1) is 27.7. The minimum Gasteiger partial charge on any atom is -0.0649 e. The van der Waals surface area contributed by atoms with Gasteiger partial charge in [0.05, 0.1) is 0 Å². The average Bonchev–Trinajstić information content (AvgIpc) is 2.86. The lowest BCUT2D eigenvalue weighted by Gasteiger charge is -2.34. The van der Waals surface area contributed by atoms with Gasteiger partial charge in [-0.05, 0) is 84.7 Å². The molecule has 0 bridgehead atoms. The van der Waals surface area contributed by atoms with Crippen LogP contribution in [0.5, 0.6) is 0 Å². The predicted molar refractivity (Wildman–Crippen MR) is 297 cm³/mol. The van der Waals surface area contributed by atoms with Crippen LogP contribution in [0.1, 0.15) is 326 Å². The zero-order chi connectivity index (χ0) is 58.6. The average molecular weight is 869 g/mol. The van der Waals surface area contributed by atoms with Gasteiger partial charge in [-0.1, -0.05) is 310 Å². The Morgan fingerprint density at radius 1 is 0.400 bits per heavy atom. The van der Waals surface area contributed by atoms with Crippen molar-refractivity contribution >= 4 is 0 Å².